The Labute approximate surface area is 154 Å². The highest BCUT2D eigenvalue weighted by molar-refractivity contribution is 5.83. The van der Waals surface area contributed by atoms with Crippen molar-refractivity contribution < 1.29 is 4.39 Å². The number of fused-ring (bicyclic) bond motifs is 1. The van der Waals surface area contributed by atoms with E-state index >= 15 is 0 Å². The molecule has 1 aromatic heterocycles. The van der Waals surface area contributed by atoms with E-state index in [1.807, 2.05) is 30.5 Å². The van der Waals surface area contributed by atoms with Gasteiger partial charge in [0.05, 0.1) is 0 Å². The van der Waals surface area contributed by atoms with Crippen molar-refractivity contribution in [1.29, 1.82) is 0 Å². The summed E-state index contributed by atoms with van der Waals surface area (Å²) in [6.07, 6.45) is 7.50. The number of aromatic nitrogens is 1. The molecular formula is C23H25FN2. The van der Waals surface area contributed by atoms with Crippen molar-refractivity contribution >= 4 is 16.5 Å². The first-order valence-corrected chi connectivity index (χ1v) is 9.58. The van der Waals surface area contributed by atoms with Crippen LogP contribution in [0, 0.1) is 12.7 Å². The van der Waals surface area contributed by atoms with Crippen LogP contribution < -0.4 is 4.90 Å². The summed E-state index contributed by atoms with van der Waals surface area (Å²) in [4.78, 5) is 7.10. The third-order valence-electron chi connectivity index (χ3n) is 5.37. The first-order valence-electron chi connectivity index (χ1n) is 9.58. The van der Waals surface area contributed by atoms with Gasteiger partial charge in [0, 0.05) is 36.1 Å². The van der Waals surface area contributed by atoms with Crippen LogP contribution >= 0.6 is 0 Å². The lowest BCUT2D eigenvalue weighted by Gasteiger charge is -2.30. The molecule has 0 aliphatic carbocycles. The van der Waals surface area contributed by atoms with E-state index in [0.29, 0.717) is 5.39 Å². The van der Waals surface area contributed by atoms with E-state index in [-0.39, 0.29) is 5.82 Å². The highest BCUT2D eigenvalue weighted by atomic mass is 19.1. The van der Waals surface area contributed by atoms with Crippen LogP contribution in [0.5, 0.6) is 0 Å². The number of aryl methyl sites for hydroxylation is 3. The third kappa shape index (κ3) is 3.57. The van der Waals surface area contributed by atoms with Crippen LogP contribution in [0.4, 0.5) is 10.1 Å². The minimum atomic E-state index is -0.135. The zero-order valence-corrected chi connectivity index (χ0v) is 15.3. The summed E-state index contributed by atoms with van der Waals surface area (Å²) in [6, 6.07) is 13.6. The molecule has 3 aromatic rings. The Hall–Kier alpha value is -2.42. The average molecular weight is 348 g/mol. The maximum absolute atomic E-state index is 14.3. The van der Waals surface area contributed by atoms with Gasteiger partial charge >= 0.3 is 0 Å². The minimum absolute atomic E-state index is 0.135. The molecule has 1 saturated heterocycles. The Morgan fingerprint density at radius 2 is 1.81 bits per heavy atom. The smallest absolute Gasteiger partial charge is 0.131 e. The fourth-order valence-corrected chi connectivity index (χ4v) is 3.91. The van der Waals surface area contributed by atoms with Crippen LogP contribution in [0.2, 0.25) is 0 Å². The first kappa shape index (κ1) is 17.0. The summed E-state index contributed by atoms with van der Waals surface area (Å²) in [6.45, 7) is 4.42. The maximum atomic E-state index is 14.3. The van der Waals surface area contributed by atoms with Crippen molar-refractivity contribution in [3.8, 4) is 0 Å². The van der Waals surface area contributed by atoms with Gasteiger partial charge in [0.25, 0.3) is 0 Å². The molecule has 2 nitrogen and oxygen atoms in total. The summed E-state index contributed by atoms with van der Waals surface area (Å²) in [7, 11) is 0. The van der Waals surface area contributed by atoms with Crippen molar-refractivity contribution in [2.75, 3.05) is 18.0 Å². The molecule has 0 N–H and O–H groups in total. The predicted molar refractivity (Wildman–Crippen MR) is 106 cm³/mol. The number of hydrogen-bond acceptors (Lipinski definition) is 2. The molecule has 26 heavy (non-hydrogen) atoms. The third-order valence-corrected chi connectivity index (χ3v) is 5.37. The molecule has 134 valence electrons. The quantitative estimate of drug-likeness (QED) is 0.622. The average Bonchev–Trinajstić information content (AvgIpc) is 2.68. The van der Waals surface area contributed by atoms with Crippen LogP contribution in [0.3, 0.4) is 0 Å². The zero-order valence-electron chi connectivity index (χ0n) is 15.3. The molecule has 1 aliphatic heterocycles. The van der Waals surface area contributed by atoms with E-state index in [9.17, 15) is 4.39 Å². The van der Waals surface area contributed by atoms with Crippen LogP contribution in [0.25, 0.3) is 10.8 Å². The summed E-state index contributed by atoms with van der Waals surface area (Å²) >= 11 is 0. The van der Waals surface area contributed by atoms with Gasteiger partial charge in [0.2, 0.25) is 0 Å². The predicted octanol–water partition coefficient (Wildman–Crippen LogP) is 5.46. The monoisotopic (exact) mass is 348 g/mol. The van der Waals surface area contributed by atoms with Crippen LogP contribution in [-0.4, -0.2) is 18.1 Å². The number of pyridine rings is 1. The van der Waals surface area contributed by atoms with Gasteiger partial charge in [-0.05, 0) is 67.7 Å². The normalized spacial score (nSPS) is 14.8. The largest absolute Gasteiger partial charge is 0.371 e. The van der Waals surface area contributed by atoms with Crippen molar-refractivity contribution in [1.82, 2.24) is 4.98 Å². The van der Waals surface area contributed by atoms with Crippen molar-refractivity contribution in [3.05, 3.63) is 71.3 Å². The molecule has 0 amide bonds. The number of anilines is 1. The van der Waals surface area contributed by atoms with Gasteiger partial charge in [0.1, 0.15) is 5.82 Å². The van der Waals surface area contributed by atoms with Crippen molar-refractivity contribution in [2.24, 2.45) is 0 Å². The summed E-state index contributed by atoms with van der Waals surface area (Å²) < 4.78 is 14.3. The van der Waals surface area contributed by atoms with Gasteiger partial charge in [-0.15, -0.1) is 0 Å². The summed E-state index contributed by atoms with van der Waals surface area (Å²) in [5.41, 5.74) is 4.68. The van der Waals surface area contributed by atoms with Gasteiger partial charge in [-0.3, -0.25) is 4.98 Å². The fraction of sp³-hybridized carbons (Fsp3) is 0.348. The summed E-state index contributed by atoms with van der Waals surface area (Å²) in [5, 5.41) is 1.66. The molecular weight excluding hydrogens is 323 g/mol. The van der Waals surface area contributed by atoms with Crippen molar-refractivity contribution in [2.45, 2.75) is 39.0 Å². The Bertz CT molecular complexity index is 913. The SMILES string of the molecule is Cc1cnc(CCc2cc(F)c3ccccc3c2)cc1N1CCCCC1. The molecule has 1 aliphatic rings. The van der Waals surface area contributed by atoms with Gasteiger partial charge in [-0.2, -0.15) is 0 Å². The lowest BCUT2D eigenvalue weighted by molar-refractivity contribution is 0.576. The Morgan fingerprint density at radius 1 is 1.00 bits per heavy atom. The van der Waals surface area contributed by atoms with Gasteiger partial charge in [0.15, 0.2) is 0 Å². The number of rotatable bonds is 4. The van der Waals surface area contributed by atoms with Gasteiger partial charge in [-0.25, -0.2) is 4.39 Å². The van der Waals surface area contributed by atoms with Crippen LogP contribution in [-0.2, 0) is 12.8 Å². The van der Waals surface area contributed by atoms with Crippen LogP contribution in [0.1, 0.15) is 36.1 Å². The molecule has 2 heterocycles. The fourth-order valence-electron chi connectivity index (χ4n) is 3.91. The molecule has 0 atom stereocenters. The second-order valence-corrected chi connectivity index (χ2v) is 7.31. The molecule has 2 aromatic carbocycles. The number of piperidine rings is 1. The Balaban J connectivity index is 1.53. The van der Waals surface area contributed by atoms with E-state index in [0.717, 1.165) is 42.6 Å². The molecule has 1 fully saturated rings. The molecule has 0 bridgehead atoms. The van der Waals surface area contributed by atoms with E-state index < -0.39 is 0 Å². The van der Waals surface area contributed by atoms with Gasteiger partial charge < -0.3 is 4.90 Å². The molecule has 0 unspecified atom stereocenters. The second-order valence-electron chi connectivity index (χ2n) is 7.31. The zero-order chi connectivity index (χ0) is 17.9. The van der Waals surface area contributed by atoms with Crippen molar-refractivity contribution in [3.63, 3.8) is 0 Å². The van der Waals surface area contributed by atoms with E-state index in [2.05, 4.69) is 28.9 Å². The van der Waals surface area contributed by atoms with Crippen LogP contribution in [0.15, 0.2) is 48.7 Å². The summed E-state index contributed by atoms with van der Waals surface area (Å²) in [5.74, 6) is -0.135. The number of benzene rings is 2. The van der Waals surface area contributed by atoms with E-state index in [1.165, 1.54) is 30.5 Å². The Kier molecular flexibility index (Phi) is 4.87. The number of hydrogen-bond donors (Lipinski definition) is 0. The molecule has 0 spiro atoms. The highest BCUT2D eigenvalue weighted by Gasteiger charge is 2.14. The number of halogens is 1. The van der Waals surface area contributed by atoms with E-state index in [4.69, 9.17) is 0 Å². The first-order chi connectivity index (χ1) is 12.7. The molecule has 3 heteroatoms. The topological polar surface area (TPSA) is 16.1 Å². The molecule has 4 rings (SSSR count). The minimum Gasteiger partial charge on any atom is -0.371 e. The van der Waals surface area contributed by atoms with Gasteiger partial charge in [-0.1, -0.05) is 30.3 Å². The molecule has 0 radical (unpaired) electrons. The Morgan fingerprint density at radius 3 is 2.65 bits per heavy atom. The lowest BCUT2D eigenvalue weighted by atomic mass is 10.0. The standard InChI is InChI=1S/C23H25FN2/c1-17-16-25-20(15-23(17)26-11-5-2-6-12-26)10-9-18-13-19-7-3-4-8-21(19)22(24)14-18/h3-4,7-8,13-16H,2,5-6,9-12H2,1H3. The highest BCUT2D eigenvalue weighted by Crippen LogP contribution is 2.25. The molecule has 0 saturated carbocycles. The lowest BCUT2D eigenvalue weighted by Crippen LogP contribution is -2.30. The maximum Gasteiger partial charge on any atom is 0.131 e. The second kappa shape index (κ2) is 7.45. The van der Waals surface area contributed by atoms with E-state index in [1.54, 1.807) is 6.07 Å². The number of nitrogens with zero attached hydrogens (tertiary/aromatic N) is 2.